The lowest BCUT2D eigenvalue weighted by atomic mass is 10.1. The van der Waals surface area contributed by atoms with Gasteiger partial charge in [-0.05, 0) is 24.3 Å². The minimum Gasteiger partial charge on any atom is -0.365 e. The summed E-state index contributed by atoms with van der Waals surface area (Å²) < 4.78 is 14.6. The molecule has 3 rings (SSSR count). The smallest absolute Gasteiger partial charge is 0.252 e. The molecule has 0 fully saturated rings. The van der Waals surface area contributed by atoms with Crippen molar-refractivity contribution in [2.45, 2.75) is 11.4 Å². The number of nitrogens with zero attached hydrogens (tertiary/aromatic N) is 2. The van der Waals surface area contributed by atoms with Crippen LogP contribution < -0.4 is 5.73 Å². The first-order chi connectivity index (χ1) is 11.6. The van der Waals surface area contributed by atoms with Crippen LogP contribution >= 0.6 is 11.8 Å². The molecular formula is C18H16FN3OS. The van der Waals surface area contributed by atoms with Crippen LogP contribution in [0.4, 0.5) is 4.39 Å². The van der Waals surface area contributed by atoms with Crippen molar-refractivity contribution in [3.8, 4) is 11.3 Å². The van der Waals surface area contributed by atoms with Crippen molar-refractivity contribution < 1.29 is 9.18 Å². The fourth-order valence-corrected chi connectivity index (χ4v) is 3.16. The lowest BCUT2D eigenvalue weighted by Crippen LogP contribution is -2.11. The minimum atomic E-state index is -0.494. The Kier molecular flexibility index (Phi) is 4.96. The lowest BCUT2D eigenvalue weighted by Gasteiger charge is -2.02. The second-order valence-corrected chi connectivity index (χ2v) is 6.36. The van der Waals surface area contributed by atoms with Crippen LogP contribution in [-0.4, -0.2) is 21.4 Å². The summed E-state index contributed by atoms with van der Waals surface area (Å²) in [5.41, 5.74) is 7.33. The quantitative estimate of drug-likeness (QED) is 0.697. The molecule has 24 heavy (non-hydrogen) atoms. The van der Waals surface area contributed by atoms with E-state index in [2.05, 4.69) is 5.10 Å². The second-order valence-electron chi connectivity index (χ2n) is 5.19. The summed E-state index contributed by atoms with van der Waals surface area (Å²) in [5, 5.41) is 4.49. The molecule has 3 aromatic rings. The average molecular weight is 341 g/mol. The predicted molar refractivity (Wildman–Crippen MR) is 93.3 cm³/mol. The van der Waals surface area contributed by atoms with Gasteiger partial charge in [0.05, 0.1) is 12.1 Å². The van der Waals surface area contributed by atoms with Crippen LogP contribution in [-0.2, 0) is 6.54 Å². The Bertz CT molecular complexity index is 831. The van der Waals surface area contributed by atoms with Crippen molar-refractivity contribution in [3.63, 3.8) is 0 Å². The number of amides is 1. The molecule has 2 aromatic carbocycles. The maximum atomic E-state index is 12.9. The SMILES string of the molecule is NC(=O)c1cn(CCSc2ccc(F)cc2)nc1-c1ccccc1. The first-order valence-electron chi connectivity index (χ1n) is 7.44. The van der Waals surface area contributed by atoms with Crippen molar-refractivity contribution in [2.24, 2.45) is 5.73 Å². The van der Waals surface area contributed by atoms with Gasteiger partial charge in [0, 0.05) is 22.4 Å². The van der Waals surface area contributed by atoms with Gasteiger partial charge in [0.1, 0.15) is 11.5 Å². The third-order valence-corrected chi connectivity index (χ3v) is 4.47. The van der Waals surface area contributed by atoms with Crippen molar-refractivity contribution >= 4 is 17.7 Å². The van der Waals surface area contributed by atoms with Gasteiger partial charge < -0.3 is 5.73 Å². The lowest BCUT2D eigenvalue weighted by molar-refractivity contribution is 0.100. The zero-order valence-corrected chi connectivity index (χ0v) is 13.7. The highest BCUT2D eigenvalue weighted by Crippen LogP contribution is 2.22. The molecule has 0 atom stereocenters. The van der Waals surface area contributed by atoms with Gasteiger partial charge in [-0.1, -0.05) is 30.3 Å². The van der Waals surface area contributed by atoms with Crippen LogP contribution in [0.15, 0.2) is 65.7 Å². The normalized spacial score (nSPS) is 10.7. The largest absolute Gasteiger partial charge is 0.365 e. The van der Waals surface area contributed by atoms with E-state index in [0.29, 0.717) is 17.8 Å². The molecule has 0 spiro atoms. The Morgan fingerprint density at radius 3 is 2.50 bits per heavy atom. The van der Waals surface area contributed by atoms with E-state index in [1.54, 1.807) is 34.8 Å². The van der Waals surface area contributed by atoms with Crippen LogP contribution in [0, 0.1) is 5.82 Å². The van der Waals surface area contributed by atoms with Crippen LogP contribution in [0.5, 0.6) is 0 Å². The van der Waals surface area contributed by atoms with E-state index in [9.17, 15) is 9.18 Å². The van der Waals surface area contributed by atoms with Gasteiger partial charge in [-0.3, -0.25) is 9.48 Å². The number of aromatic nitrogens is 2. The highest BCUT2D eigenvalue weighted by molar-refractivity contribution is 7.99. The minimum absolute atomic E-state index is 0.245. The van der Waals surface area contributed by atoms with E-state index >= 15 is 0 Å². The Labute approximate surface area is 143 Å². The number of thioether (sulfide) groups is 1. The monoisotopic (exact) mass is 341 g/mol. The number of rotatable bonds is 6. The summed E-state index contributed by atoms with van der Waals surface area (Å²) in [6.07, 6.45) is 1.68. The summed E-state index contributed by atoms with van der Waals surface area (Å²) in [7, 11) is 0. The number of primary amides is 1. The van der Waals surface area contributed by atoms with E-state index in [0.717, 1.165) is 16.2 Å². The molecular weight excluding hydrogens is 325 g/mol. The molecule has 0 bridgehead atoms. The van der Waals surface area contributed by atoms with Gasteiger partial charge in [0.15, 0.2) is 0 Å². The van der Waals surface area contributed by atoms with Gasteiger partial charge in [0.25, 0.3) is 5.91 Å². The molecule has 1 amide bonds. The van der Waals surface area contributed by atoms with E-state index < -0.39 is 5.91 Å². The third kappa shape index (κ3) is 3.83. The molecule has 0 saturated heterocycles. The highest BCUT2D eigenvalue weighted by Gasteiger charge is 2.15. The number of nitrogens with two attached hydrogens (primary N) is 1. The highest BCUT2D eigenvalue weighted by atomic mass is 32.2. The van der Waals surface area contributed by atoms with Gasteiger partial charge in [-0.2, -0.15) is 5.10 Å². The molecule has 0 aliphatic carbocycles. The molecule has 122 valence electrons. The summed E-state index contributed by atoms with van der Waals surface area (Å²) in [5.74, 6) is 0.0102. The second kappa shape index (κ2) is 7.31. The topological polar surface area (TPSA) is 60.9 Å². The molecule has 2 N–H and O–H groups in total. The van der Waals surface area contributed by atoms with E-state index in [1.165, 1.54) is 12.1 Å². The average Bonchev–Trinajstić information content (AvgIpc) is 3.02. The molecule has 4 nitrogen and oxygen atoms in total. The molecule has 0 radical (unpaired) electrons. The number of hydrogen-bond donors (Lipinski definition) is 1. The summed E-state index contributed by atoms with van der Waals surface area (Å²) in [6.45, 7) is 0.620. The molecule has 0 aliphatic heterocycles. The number of hydrogen-bond acceptors (Lipinski definition) is 3. The van der Waals surface area contributed by atoms with Crippen LogP contribution in [0.25, 0.3) is 11.3 Å². The Hall–Kier alpha value is -2.60. The summed E-state index contributed by atoms with van der Waals surface area (Å²) >= 11 is 1.60. The van der Waals surface area contributed by atoms with Crippen molar-refractivity contribution in [1.29, 1.82) is 0 Å². The summed E-state index contributed by atoms with van der Waals surface area (Å²) in [6, 6.07) is 15.8. The van der Waals surface area contributed by atoms with Gasteiger partial charge >= 0.3 is 0 Å². The third-order valence-electron chi connectivity index (χ3n) is 3.48. The van der Waals surface area contributed by atoms with Crippen LogP contribution in [0.2, 0.25) is 0 Å². The fourth-order valence-electron chi connectivity index (χ4n) is 2.31. The van der Waals surface area contributed by atoms with Gasteiger partial charge in [-0.15, -0.1) is 11.8 Å². The first-order valence-corrected chi connectivity index (χ1v) is 8.43. The maximum Gasteiger partial charge on any atom is 0.252 e. The number of aryl methyl sites for hydroxylation is 1. The molecule has 6 heteroatoms. The van der Waals surface area contributed by atoms with E-state index in [1.807, 2.05) is 30.3 Å². The Morgan fingerprint density at radius 1 is 1.12 bits per heavy atom. The zero-order chi connectivity index (χ0) is 16.9. The Morgan fingerprint density at radius 2 is 1.83 bits per heavy atom. The Balaban J connectivity index is 1.72. The van der Waals surface area contributed by atoms with Gasteiger partial charge in [-0.25, -0.2) is 4.39 Å². The number of benzene rings is 2. The zero-order valence-electron chi connectivity index (χ0n) is 12.9. The fraction of sp³-hybridized carbons (Fsp3) is 0.111. The van der Waals surface area contributed by atoms with Crippen LogP contribution in [0.1, 0.15) is 10.4 Å². The van der Waals surface area contributed by atoms with Crippen LogP contribution in [0.3, 0.4) is 0 Å². The van der Waals surface area contributed by atoms with Crippen molar-refractivity contribution in [1.82, 2.24) is 9.78 Å². The first kappa shape index (κ1) is 16.3. The molecule has 0 unspecified atom stereocenters. The standard InChI is InChI=1S/C18H16FN3OS/c19-14-6-8-15(9-7-14)24-11-10-22-12-16(18(20)23)17(21-22)13-4-2-1-3-5-13/h1-9,12H,10-11H2,(H2,20,23). The molecule has 0 aliphatic rings. The molecule has 1 aromatic heterocycles. The maximum absolute atomic E-state index is 12.9. The molecule has 0 saturated carbocycles. The van der Waals surface area contributed by atoms with E-state index in [-0.39, 0.29) is 5.82 Å². The van der Waals surface area contributed by atoms with E-state index in [4.69, 9.17) is 5.73 Å². The van der Waals surface area contributed by atoms with Gasteiger partial charge in [0.2, 0.25) is 0 Å². The van der Waals surface area contributed by atoms with Crippen molar-refractivity contribution in [3.05, 3.63) is 72.2 Å². The molecule has 1 heterocycles. The number of carbonyl (C=O) groups is 1. The number of halogens is 1. The predicted octanol–water partition coefficient (Wildman–Crippen LogP) is 3.58. The van der Waals surface area contributed by atoms with Crippen molar-refractivity contribution in [2.75, 3.05) is 5.75 Å². The summed E-state index contributed by atoms with van der Waals surface area (Å²) in [4.78, 5) is 12.7. The number of carbonyl (C=O) groups excluding carboxylic acids is 1.